The van der Waals surface area contributed by atoms with Crippen LogP contribution < -0.4 is 20.7 Å². The predicted molar refractivity (Wildman–Crippen MR) is 270 cm³/mol. The number of aromatic nitrogens is 2. The van der Waals surface area contributed by atoms with Crippen LogP contribution in [0.2, 0.25) is 0 Å². The van der Waals surface area contributed by atoms with Gasteiger partial charge in [-0.15, -0.1) is 0 Å². The first-order valence-electron chi connectivity index (χ1n) is 21.8. The Bertz CT molecular complexity index is 3550. The molecule has 2 nitrogen and oxygen atoms in total. The van der Waals surface area contributed by atoms with Crippen molar-refractivity contribution >= 4 is 72.4 Å². The molecular formula is C60H42N2Si. The molecule has 0 atom stereocenters. The smallest absolute Gasteiger partial charge is 0.180 e. The van der Waals surface area contributed by atoms with Gasteiger partial charge in [-0.3, -0.25) is 0 Å². The van der Waals surface area contributed by atoms with Gasteiger partial charge >= 0.3 is 0 Å². The van der Waals surface area contributed by atoms with Gasteiger partial charge in [0.05, 0.1) is 22.1 Å². The molecule has 0 radical (unpaired) electrons. The predicted octanol–water partition coefficient (Wildman–Crippen LogP) is 12.6. The van der Waals surface area contributed by atoms with E-state index in [0.717, 1.165) is 11.4 Å². The number of para-hydroxylation sites is 2. The lowest BCUT2D eigenvalue weighted by atomic mass is 10.1. The maximum absolute atomic E-state index is 2.96. The first kappa shape index (κ1) is 36.8. The minimum atomic E-state index is -2.96. The summed E-state index contributed by atoms with van der Waals surface area (Å²) in [5, 5.41) is 10.5. The molecule has 0 amide bonds. The topological polar surface area (TPSA) is 9.86 Å². The first-order chi connectivity index (χ1) is 31.3. The Morgan fingerprint density at radius 2 is 0.698 bits per heavy atom. The van der Waals surface area contributed by atoms with Gasteiger partial charge in [0.2, 0.25) is 0 Å². The van der Waals surface area contributed by atoms with Crippen molar-refractivity contribution in [1.82, 2.24) is 9.13 Å². The number of fused-ring (bicyclic) bond motifs is 6. The monoisotopic (exact) mass is 818 g/mol. The van der Waals surface area contributed by atoms with E-state index >= 15 is 0 Å². The normalized spacial score (nSPS) is 11.8. The van der Waals surface area contributed by atoms with Crippen molar-refractivity contribution in [2.24, 2.45) is 0 Å². The highest BCUT2D eigenvalue weighted by Gasteiger charge is 2.43. The fraction of sp³-hybridized carbons (Fsp3) is 0. The quantitative estimate of drug-likeness (QED) is 0.107. The second kappa shape index (κ2) is 15.2. The third-order valence-electron chi connectivity index (χ3n) is 13.1. The van der Waals surface area contributed by atoms with Gasteiger partial charge in [0.1, 0.15) is 0 Å². The van der Waals surface area contributed by atoms with Crippen LogP contribution in [0.25, 0.3) is 77.2 Å². The summed E-state index contributed by atoms with van der Waals surface area (Å²) in [7, 11) is -2.96. The fourth-order valence-electron chi connectivity index (χ4n) is 10.3. The molecule has 2 aromatic heterocycles. The molecule has 0 saturated carbocycles. The molecule has 2 heterocycles. The molecule has 296 valence electrons. The lowest BCUT2D eigenvalue weighted by molar-refractivity contribution is 1.15. The van der Waals surface area contributed by atoms with Crippen molar-refractivity contribution in [2.45, 2.75) is 0 Å². The summed E-state index contributed by atoms with van der Waals surface area (Å²) in [6.07, 6.45) is 0. The van der Waals surface area contributed by atoms with Gasteiger partial charge in [0, 0.05) is 32.9 Å². The average molecular weight is 819 g/mol. The van der Waals surface area contributed by atoms with Gasteiger partial charge in [-0.05, 0) is 85.5 Å². The van der Waals surface area contributed by atoms with Gasteiger partial charge in [-0.2, -0.15) is 0 Å². The number of hydrogen-bond donors (Lipinski definition) is 0. The van der Waals surface area contributed by atoms with Crippen LogP contribution in [0.1, 0.15) is 0 Å². The Morgan fingerprint density at radius 1 is 0.254 bits per heavy atom. The number of benzene rings is 10. The minimum Gasteiger partial charge on any atom is -0.309 e. The highest BCUT2D eigenvalue weighted by Crippen LogP contribution is 2.38. The van der Waals surface area contributed by atoms with Crippen molar-refractivity contribution in [1.29, 1.82) is 0 Å². The standard InChI is InChI=1S/C60H42N2Si/c1-5-19-43(20-6-1)45-35-38-51(39-36-45)63(49-25-9-3-10-26-49,50-27-11-4-12-28-50)59-34-18-33-57-60(59)54-30-14-16-32-56(54)61(57)48-37-40-53-52-29-13-15-31-55(52)62(58(53)42-48)47-24-17-23-46(41-47)44-21-7-2-8-22-44/h1-42H. The van der Waals surface area contributed by atoms with Crippen molar-refractivity contribution in [3.05, 3.63) is 255 Å². The van der Waals surface area contributed by atoms with Crippen molar-refractivity contribution < 1.29 is 0 Å². The Hall–Kier alpha value is -7.98. The van der Waals surface area contributed by atoms with E-state index < -0.39 is 8.07 Å². The SMILES string of the molecule is c1ccc(-c2ccc([Si](c3ccccc3)(c3ccccc3)c3cccc4c3c3ccccc3n4-c3ccc4c5ccccc5n(-c5cccc(-c6ccccc6)c5)c4c3)cc2)cc1. The van der Waals surface area contributed by atoms with Crippen LogP contribution in [0.3, 0.4) is 0 Å². The summed E-state index contributed by atoms with van der Waals surface area (Å²) >= 11 is 0. The largest absolute Gasteiger partial charge is 0.309 e. The van der Waals surface area contributed by atoms with Gasteiger partial charge in [-0.25, -0.2) is 0 Å². The molecule has 3 heteroatoms. The van der Waals surface area contributed by atoms with E-state index in [1.165, 1.54) is 86.6 Å². The molecule has 0 saturated heterocycles. The van der Waals surface area contributed by atoms with E-state index in [4.69, 9.17) is 0 Å². The first-order valence-corrected chi connectivity index (χ1v) is 23.8. The summed E-state index contributed by atoms with van der Waals surface area (Å²) in [6, 6.07) is 94.3. The van der Waals surface area contributed by atoms with E-state index in [2.05, 4.69) is 264 Å². The highest BCUT2D eigenvalue weighted by atomic mass is 28.3. The highest BCUT2D eigenvalue weighted by molar-refractivity contribution is 7.20. The fourth-order valence-corrected chi connectivity index (χ4v) is 15.3. The number of hydrogen-bond acceptors (Lipinski definition) is 0. The molecule has 63 heavy (non-hydrogen) atoms. The van der Waals surface area contributed by atoms with Crippen LogP contribution in [0, 0.1) is 0 Å². The third-order valence-corrected chi connectivity index (χ3v) is 17.9. The second-order valence-corrected chi connectivity index (χ2v) is 20.2. The molecule has 0 bridgehead atoms. The zero-order valence-corrected chi connectivity index (χ0v) is 35.6. The molecule has 0 aliphatic carbocycles. The maximum Gasteiger partial charge on any atom is 0.180 e. The third kappa shape index (κ3) is 5.93. The summed E-state index contributed by atoms with van der Waals surface area (Å²) in [5.74, 6) is 0. The van der Waals surface area contributed by atoms with E-state index in [9.17, 15) is 0 Å². The van der Waals surface area contributed by atoms with Crippen LogP contribution in [0.15, 0.2) is 255 Å². The van der Waals surface area contributed by atoms with Gasteiger partial charge in [-0.1, -0.05) is 212 Å². The Kier molecular flexibility index (Phi) is 8.87. The van der Waals surface area contributed by atoms with E-state index in [0.29, 0.717) is 0 Å². The average Bonchev–Trinajstić information content (AvgIpc) is 3.89. The molecule has 0 N–H and O–H groups in total. The van der Waals surface area contributed by atoms with E-state index in [-0.39, 0.29) is 0 Å². The molecule has 10 aromatic carbocycles. The van der Waals surface area contributed by atoms with E-state index in [1.54, 1.807) is 0 Å². The van der Waals surface area contributed by atoms with Crippen molar-refractivity contribution in [3.63, 3.8) is 0 Å². The molecular weight excluding hydrogens is 777 g/mol. The summed E-state index contributed by atoms with van der Waals surface area (Å²) in [5.41, 5.74) is 11.9. The summed E-state index contributed by atoms with van der Waals surface area (Å²) in [4.78, 5) is 0. The second-order valence-electron chi connectivity index (χ2n) is 16.4. The molecule has 0 fully saturated rings. The molecule has 0 aliphatic rings. The number of rotatable bonds is 8. The van der Waals surface area contributed by atoms with Crippen LogP contribution >= 0.6 is 0 Å². The molecule has 0 aliphatic heterocycles. The van der Waals surface area contributed by atoms with Crippen LogP contribution in [0.5, 0.6) is 0 Å². The Morgan fingerprint density at radius 3 is 1.37 bits per heavy atom. The lowest BCUT2D eigenvalue weighted by Crippen LogP contribution is -2.74. The zero-order chi connectivity index (χ0) is 41.7. The van der Waals surface area contributed by atoms with Gasteiger partial charge in [0.15, 0.2) is 8.07 Å². The molecule has 0 spiro atoms. The minimum absolute atomic E-state index is 1.13. The Labute approximate surface area is 368 Å². The van der Waals surface area contributed by atoms with E-state index in [1.807, 2.05) is 0 Å². The summed E-state index contributed by atoms with van der Waals surface area (Å²) < 4.78 is 4.95. The van der Waals surface area contributed by atoms with Crippen LogP contribution in [0.4, 0.5) is 0 Å². The maximum atomic E-state index is 2.50. The lowest BCUT2D eigenvalue weighted by Gasteiger charge is -2.35. The van der Waals surface area contributed by atoms with Crippen molar-refractivity contribution in [2.75, 3.05) is 0 Å². The molecule has 12 aromatic rings. The van der Waals surface area contributed by atoms with Gasteiger partial charge in [0.25, 0.3) is 0 Å². The summed E-state index contributed by atoms with van der Waals surface area (Å²) in [6.45, 7) is 0. The number of nitrogens with zero attached hydrogens (tertiary/aromatic N) is 2. The zero-order valence-electron chi connectivity index (χ0n) is 34.6. The van der Waals surface area contributed by atoms with Crippen LogP contribution in [-0.2, 0) is 0 Å². The van der Waals surface area contributed by atoms with Gasteiger partial charge < -0.3 is 9.13 Å². The Balaban J connectivity index is 1.13. The van der Waals surface area contributed by atoms with Crippen molar-refractivity contribution in [3.8, 4) is 33.6 Å². The van der Waals surface area contributed by atoms with Crippen LogP contribution in [-0.4, -0.2) is 17.2 Å². The molecule has 0 unspecified atom stereocenters. The molecule has 12 rings (SSSR count).